The molecule has 0 amide bonds. The fraction of sp³-hybridized carbons (Fsp3) is 0.700. The van der Waals surface area contributed by atoms with Crippen molar-refractivity contribution in [2.45, 2.75) is 153 Å². The summed E-state index contributed by atoms with van der Waals surface area (Å²) in [5.74, 6) is -0.337. The van der Waals surface area contributed by atoms with Gasteiger partial charge in [-0.3, -0.25) is 9.05 Å². The maximum absolute atomic E-state index is 13.7. The summed E-state index contributed by atoms with van der Waals surface area (Å²) >= 11 is 5.93. The Kier molecular flexibility index (Phi) is 19.9. The highest BCUT2D eigenvalue weighted by molar-refractivity contribution is 7.47. The Hall–Kier alpha value is -2.23. The molecule has 5 N–H and O–H groups in total. The Morgan fingerprint density at radius 3 is 2.20 bits per heavy atom. The lowest BCUT2D eigenvalue weighted by Gasteiger charge is -2.27. The first kappa shape index (κ1) is 46.5. The molecule has 1 aliphatic heterocycles. The maximum Gasteiger partial charge on any atom is 0.472 e. The quantitative estimate of drug-likeness (QED) is 0.0388. The molecule has 0 saturated carbocycles. The molecule has 2 aromatic heterocycles. The smallest absolute Gasteiger partial charge is 0.387 e. The van der Waals surface area contributed by atoms with Gasteiger partial charge in [-0.15, -0.1) is 0 Å². The lowest BCUT2D eigenvalue weighted by molar-refractivity contribution is -0.0901. The molecule has 3 heterocycles. The standard InChI is InChI=1S/C40H63ClFN4O9P/c1-3-4-5-6-7-8-9-10-11-12-13-14-15-16-17-18-23-51-26-31(52-25-30-19-20-33(42)32(41)24-30)27-53-56(49,50)54-28-35-37(47)38(48)40(2,55-35)36-22-21-34-39(43)44-29-45-46(34)36/h19-22,24,29,31,35,37-38,47-48H,3-18,23,25-28H2,1-2H3,(H,49,50)(H2,43,44,45)/t31-,35-,37-,38-,40+/m1/s1. The zero-order chi connectivity index (χ0) is 40.4. The van der Waals surface area contributed by atoms with Gasteiger partial charge in [0.15, 0.2) is 5.82 Å². The van der Waals surface area contributed by atoms with Crippen molar-refractivity contribution in [3.8, 4) is 0 Å². The van der Waals surface area contributed by atoms with Gasteiger partial charge in [-0.25, -0.2) is 18.5 Å². The summed E-state index contributed by atoms with van der Waals surface area (Å²) in [7, 11) is -4.70. The van der Waals surface area contributed by atoms with E-state index in [0.717, 1.165) is 19.3 Å². The van der Waals surface area contributed by atoms with E-state index in [2.05, 4.69) is 17.0 Å². The average molecular weight is 829 g/mol. The largest absolute Gasteiger partial charge is 0.472 e. The number of anilines is 1. The monoisotopic (exact) mass is 828 g/mol. The summed E-state index contributed by atoms with van der Waals surface area (Å²) in [6, 6.07) is 7.51. The highest BCUT2D eigenvalue weighted by atomic mass is 35.5. The lowest BCUT2D eigenvalue weighted by Crippen LogP contribution is -2.39. The third-order valence-corrected chi connectivity index (χ3v) is 11.6. The normalized spacial score (nSPS) is 21.5. The van der Waals surface area contributed by atoms with Crippen molar-refractivity contribution < 1.29 is 47.3 Å². The number of fused-ring (bicyclic) bond motifs is 1. The van der Waals surface area contributed by atoms with Gasteiger partial charge in [-0.05, 0) is 43.2 Å². The van der Waals surface area contributed by atoms with E-state index in [1.165, 1.54) is 113 Å². The molecule has 13 nitrogen and oxygen atoms in total. The van der Waals surface area contributed by atoms with Gasteiger partial charge in [0.25, 0.3) is 0 Å². The maximum atomic E-state index is 13.7. The number of hydrogen-bond acceptors (Lipinski definition) is 11. The summed E-state index contributed by atoms with van der Waals surface area (Å²) in [5, 5.41) is 25.9. The van der Waals surface area contributed by atoms with Crippen LogP contribution in [-0.4, -0.2) is 80.5 Å². The van der Waals surface area contributed by atoms with Crippen molar-refractivity contribution in [2.24, 2.45) is 0 Å². The molecular weight excluding hydrogens is 766 g/mol. The van der Waals surface area contributed by atoms with Gasteiger partial charge >= 0.3 is 7.82 Å². The number of nitrogens with two attached hydrogens (primary N) is 1. The first-order valence-electron chi connectivity index (χ1n) is 20.3. The van der Waals surface area contributed by atoms with Gasteiger partial charge in [-0.2, -0.15) is 5.10 Å². The van der Waals surface area contributed by atoms with Crippen LogP contribution in [0.1, 0.15) is 128 Å². The average Bonchev–Trinajstić information content (AvgIpc) is 3.72. The fourth-order valence-electron chi connectivity index (χ4n) is 6.99. The Labute approximate surface area is 336 Å². The van der Waals surface area contributed by atoms with Crippen molar-refractivity contribution >= 4 is 30.8 Å². The van der Waals surface area contributed by atoms with Gasteiger partial charge < -0.3 is 35.1 Å². The Morgan fingerprint density at radius 1 is 0.946 bits per heavy atom. The lowest BCUT2D eigenvalue weighted by atomic mass is 9.93. The van der Waals surface area contributed by atoms with E-state index >= 15 is 0 Å². The summed E-state index contributed by atoms with van der Waals surface area (Å²) in [6.07, 6.45) is 16.8. The van der Waals surface area contributed by atoms with Crippen molar-refractivity contribution in [1.82, 2.24) is 14.6 Å². The van der Waals surface area contributed by atoms with E-state index in [0.29, 0.717) is 23.4 Å². The molecule has 6 atom stereocenters. The van der Waals surface area contributed by atoms with E-state index in [4.69, 9.17) is 40.6 Å². The van der Waals surface area contributed by atoms with Crippen LogP contribution in [0.4, 0.5) is 10.2 Å². The van der Waals surface area contributed by atoms with Crippen LogP contribution in [0.15, 0.2) is 36.7 Å². The molecule has 0 aliphatic carbocycles. The number of nitrogens with zero attached hydrogens (tertiary/aromatic N) is 3. The van der Waals surface area contributed by atoms with Crippen LogP contribution in [0.25, 0.3) is 5.52 Å². The molecule has 0 radical (unpaired) electrons. The van der Waals surface area contributed by atoms with Gasteiger partial charge in [0, 0.05) is 6.61 Å². The van der Waals surface area contributed by atoms with Crippen molar-refractivity contribution in [3.05, 3.63) is 58.8 Å². The molecular formula is C40H63ClFN4O9P. The minimum atomic E-state index is -4.70. The number of rotatable bonds is 29. The summed E-state index contributed by atoms with van der Waals surface area (Å²) in [5.41, 5.74) is 5.95. The van der Waals surface area contributed by atoms with Crippen molar-refractivity contribution in [3.63, 3.8) is 0 Å². The SMILES string of the molecule is CCCCCCCCCCCCCCCCCCOC[C@H](COP(=O)(O)OC[C@H]1O[C@@](C)(c2ccc3c(N)ncnn23)[C@H](O)[C@@H]1O)OCc1ccc(F)c(Cl)c1. The third-order valence-electron chi connectivity index (χ3n) is 10.4. The predicted molar refractivity (Wildman–Crippen MR) is 214 cm³/mol. The molecule has 316 valence electrons. The second-order valence-electron chi connectivity index (χ2n) is 15.0. The minimum Gasteiger partial charge on any atom is -0.387 e. The van der Waals surface area contributed by atoms with Crippen LogP contribution in [0.3, 0.4) is 0 Å². The molecule has 16 heteroatoms. The van der Waals surface area contributed by atoms with E-state index in [-0.39, 0.29) is 30.7 Å². The Balaban J connectivity index is 1.16. The Morgan fingerprint density at radius 2 is 1.57 bits per heavy atom. The molecule has 56 heavy (non-hydrogen) atoms. The number of phosphoric acid groups is 1. The van der Waals surface area contributed by atoms with Crippen molar-refractivity contribution in [2.75, 3.05) is 32.2 Å². The van der Waals surface area contributed by atoms with Crippen LogP contribution < -0.4 is 5.73 Å². The molecule has 4 rings (SSSR count). The van der Waals surface area contributed by atoms with Gasteiger partial charge in [0.05, 0.1) is 37.1 Å². The number of hydrogen-bond donors (Lipinski definition) is 4. The number of nitrogen functional groups attached to an aromatic ring is 1. The molecule has 0 spiro atoms. The topological polar surface area (TPSA) is 180 Å². The molecule has 1 aromatic carbocycles. The third kappa shape index (κ3) is 14.5. The number of halogens is 2. The second kappa shape index (κ2) is 24.0. The van der Waals surface area contributed by atoms with Crippen LogP contribution in [0, 0.1) is 5.82 Å². The van der Waals surface area contributed by atoms with Crippen LogP contribution in [-0.2, 0) is 40.0 Å². The highest BCUT2D eigenvalue weighted by Gasteiger charge is 2.54. The molecule has 0 bridgehead atoms. The minimum absolute atomic E-state index is 0.0244. The number of aliphatic hydroxyl groups is 2. The first-order chi connectivity index (χ1) is 26.9. The predicted octanol–water partition coefficient (Wildman–Crippen LogP) is 8.44. The number of phosphoric ester groups is 1. The van der Waals surface area contributed by atoms with Crippen molar-refractivity contribution in [1.29, 1.82) is 0 Å². The Bertz CT molecular complexity index is 1640. The fourth-order valence-corrected chi connectivity index (χ4v) is 7.96. The van der Waals surface area contributed by atoms with E-state index < -0.39 is 50.3 Å². The summed E-state index contributed by atoms with van der Waals surface area (Å²) in [4.78, 5) is 14.5. The van der Waals surface area contributed by atoms with Gasteiger partial charge in [-0.1, -0.05) is 121 Å². The second-order valence-corrected chi connectivity index (χ2v) is 16.8. The number of ether oxygens (including phenoxy) is 3. The number of benzene rings is 1. The molecule has 1 saturated heterocycles. The highest BCUT2D eigenvalue weighted by Crippen LogP contribution is 2.46. The van der Waals surface area contributed by atoms with Gasteiger partial charge in [0.1, 0.15) is 47.7 Å². The van der Waals surface area contributed by atoms with Crippen LogP contribution in [0.2, 0.25) is 5.02 Å². The van der Waals surface area contributed by atoms with Crippen LogP contribution >= 0.6 is 19.4 Å². The number of aliphatic hydroxyl groups excluding tert-OH is 2. The van der Waals surface area contributed by atoms with E-state index in [1.54, 1.807) is 19.1 Å². The zero-order valence-electron chi connectivity index (χ0n) is 33.0. The zero-order valence-corrected chi connectivity index (χ0v) is 34.7. The first-order valence-corrected chi connectivity index (χ1v) is 22.2. The summed E-state index contributed by atoms with van der Waals surface area (Å²) in [6.45, 7) is 3.46. The molecule has 1 unspecified atom stereocenters. The summed E-state index contributed by atoms with van der Waals surface area (Å²) < 4.78 is 56.5. The number of aromatic nitrogens is 3. The van der Waals surface area contributed by atoms with Crippen LogP contribution in [0.5, 0.6) is 0 Å². The molecule has 1 aliphatic rings. The molecule has 1 fully saturated rings. The van der Waals surface area contributed by atoms with Gasteiger partial charge in [0.2, 0.25) is 0 Å². The number of unbranched alkanes of at least 4 members (excludes halogenated alkanes) is 15. The molecule has 3 aromatic rings. The van der Waals surface area contributed by atoms with E-state index in [1.807, 2.05) is 0 Å². The van der Waals surface area contributed by atoms with E-state index in [9.17, 15) is 24.1 Å².